The van der Waals surface area contributed by atoms with Gasteiger partial charge < -0.3 is 15.2 Å². The van der Waals surface area contributed by atoms with E-state index in [2.05, 4.69) is 19.6 Å². The second-order valence-electron chi connectivity index (χ2n) is 6.00. The van der Waals surface area contributed by atoms with Gasteiger partial charge in [-0.05, 0) is 32.6 Å². The number of hydrogen-bond acceptors (Lipinski definition) is 4. The Balaban J connectivity index is 1.86. The van der Waals surface area contributed by atoms with E-state index in [1.54, 1.807) is 0 Å². The van der Waals surface area contributed by atoms with Gasteiger partial charge in [0, 0.05) is 18.0 Å². The molecule has 0 bridgehead atoms. The zero-order chi connectivity index (χ0) is 13.6. The molecule has 0 radical (unpaired) electrons. The zero-order valence-electron chi connectivity index (χ0n) is 11.4. The topological polar surface area (TPSA) is 64.8 Å². The van der Waals surface area contributed by atoms with Crippen molar-refractivity contribution >= 4 is 5.97 Å². The molecular weight excluding hydrogens is 242 g/mol. The molecule has 2 saturated heterocycles. The number of rotatable bonds is 1. The van der Waals surface area contributed by atoms with Crippen molar-refractivity contribution in [1.29, 1.82) is 0 Å². The third kappa shape index (κ3) is 2.13. The molecule has 0 aromatic carbocycles. The summed E-state index contributed by atoms with van der Waals surface area (Å²) >= 11 is 0. The molecule has 0 aromatic heterocycles. The van der Waals surface area contributed by atoms with Crippen LogP contribution in [-0.2, 0) is 14.3 Å². The van der Waals surface area contributed by atoms with Gasteiger partial charge in [0.05, 0.1) is 5.60 Å². The third-order valence-electron chi connectivity index (χ3n) is 4.70. The molecule has 2 heterocycles. The first-order valence-electron chi connectivity index (χ1n) is 7.01. The first-order chi connectivity index (χ1) is 9.05. The summed E-state index contributed by atoms with van der Waals surface area (Å²) in [6, 6.07) is 0. The summed E-state index contributed by atoms with van der Waals surface area (Å²) < 4.78 is 11.3. The lowest BCUT2D eigenvalue weighted by molar-refractivity contribution is -0.140. The normalized spacial score (nSPS) is 44.7. The molecule has 2 aliphatic heterocycles. The summed E-state index contributed by atoms with van der Waals surface area (Å²) in [5, 5.41) is 0. The van der Waals surface area contributed by atoms with E-state index in [0.29, 0.717) is 12.1 Å². The van der Waals surface area contributed by atoms with Crippen molar-refractivity contribution in [1.82, 2.24) is 0 Å². The average Bonchev–Trinajstić information content (AvgIpc) is 2.97. The van der Waals surface area contributed by atoms with Crippen molar-refractivity contribution < 1.29 is 14.3 Å². The molecule has 4 nitrogen and oxygen atoms in total. The van der Waals surface area contributed by atoms with Crippen molar-refractivity contribution in [3.63, 3.8) is 0 Å². The van der Waals surface area contributed by atoms with Crippen molar-refractivity contribution in [2.24, 2.45) is 11.7 Å². The summed E-state index contributed by atoms with van der Waals surface area (Å²) in [5.74, 6) is -0.183. The van der Waals surface area contributed by atoms with Gasteiger partial charge in [-0.25, -0.2) is 4.79 Å². The largest absolute Gasteiger partial charge is 0.455 e. The van der Waals surface area contributed by atoms with Crippen LogP contribution in [0.4, 0.5) is 0 Å². The van der Waals surface area contributed by atoms with Gasteiger partial charge >= 0.3 is 5.97 Å². The molecule has 0 amide bonds. The lowest BCUT2D eigenvalue weighted by atomic mass is 9.84. The van der Waals surface area contributed by atoms with E-state index in [1.807, 2.05) is 0 Å². The molecule has 104 valence electrons. The molecular formula is C15H21NO3. The fourth-order valence-electron chi connectivity index (χ4n) is 3.31. The number of hydrogen-bond donors (Lipinski definition) is 1. The summed E-state index contributed by atoms with van der Waals surface area (Å²) in [7, 11) is 0. The standard InChI is InChI=1S/C15H21NO3/c1-9-11-6-5-10(8-16)4-3-7-15(2)13(19-15)12(11)18-14(9)17/h4,11-13H,1,3,5-8,16H2,2H3/b10-4+/t11-,12-,13-,15+/m0/s1. The maximum atomic E-state index is 11.7. The van der Waals surface area contributed by atoms with Crippen molar-refractivity contribution in [2.75, 3.05) is 6.54 Å². The fraction of sp³-hybridized carbons (Fsp3) is 0.667. The highest BCUT2D eigenvalue weighted by molar-refractivity contribution is 5.91. The second-order valence-corrected chi connectivity index (χ2v) is 6.00. The Morgan fingerprint density at radius 3 is 3.11 bits per heavy atom. The minimum absolute atomic E-state index is 0.0357. The van der Waals surface area contributed by atoms with Crippen LogP contribution in [0.15, 0.2) is 23.8 Å². The monoisotopic (exact) mass is 263 g/mol. The van der Waals surface area contributed by atoms with Crippen LogP contribution in [0.3, 0.4) is 0 Å². The predicted octanol–water partition coefficient (Wildman–Crippen LogP) is 1.70. The second kappa shape index (κ2) is 4.46. The summed E-state index contributed by atoms with van der Waals surface area (Å²) in [5.41, 5.74) is 7.47. The molecule has 3 aliphatic rings. The maximum Gasteiger partial charge on any atom is 0.334 e. The van der Waals surface area contributed by atoms with E-state index in [4.69, 9.17) is 15.2 Å². The summed E-state index contributed by atoms with van der Waals surface area (Å²) in [6.45, 7) is 6.57. The molecule has 0 aromatic rings. The minimum atomic E-state index is -0.259. The highest BCUT2D eigenvalue weighted by atomic mass is 16.6. The maximum absolute atomic E-state index is 11.7. The first-order valence-corrected chi connectivity index (χ1v) is 7.01. The third-order valence-corrected chi connectivity index (χ3v) is 4.70. The number of fused-ring (bicyclic) bond motifs is 3. The Labute approximate surface area is 113 Å². The van der Waals surface area contributed by atoms with Crippen molar-refractivity contribution in [3.8, 4) is 0 Å². The van der Waals surface area contributed by atoms with Gasteiger partial charge in [-0.2, -0.15) is 0 Å². The zero-order valence-corrected chi connectivity index (χ0v) is 11.4. The molecule has 0 saturated carbocycles. The summed E-state index contributed by atoms with van der Waals surface area (Å²) in [4.78, 5) is 11.7. The number of carbonyl (C=O) groups is 1. The molecule has 4 heteroatoms. The number of ether oxygens (including phenoxy) is 2. The Bertz CT molecular complexity index is 456. The molecule has 19 heavy (non-hydrogen) atoms. The van der Waals surface area contributed by atoms with E-state index in [1.165, 1.54) is 5.57 Å². The van der Waals surface area contributed by atoms with Gasteiger partial charge in [-0.3, -0.25) is 0 Å². The van der Waals surface area contributed by atoms with Crippen LogP contribution in [-0.4, -0.2) is 30.3 Å². The van der Waals surface area contributed by atoms with Crippen LogP contribution in [0.5, 0.6) is 0 Å². The van der Waals surface area contributed by atoms with Gasteiger partial charge in [-0.1, -0.05) is 18.2 Å². The molecule has 0 spiro atoms. The molecule has 3 rings (SSSR count). The first kappa shape index (κ1) is 12.9. The van der Waals surface area contributed by atoms with Crippen LogP contribution in [0.25, 0.3) is 0 Å². The molecule has 1 aliphatic carbocycles. The number of allylic oxidation sites excluding steroid dienone is 1. The quantitative estimate of drug-likeness (QED) is 0.338. The Morgan fingerprint density at radius 1 is 1.58 bits per heavy atom. The predicted molar refractivity (Wildman–Crippen MR) is 71.4 cm³/mol. The number of nitrogens with two attached hydrogens (primary N) is 1. The van der Waals surface area contributed by atoms with E-state index in [9.17, 15) is 4.79 Å². The van der Waals surface area contributed by atoms with Crippen LogP contribution in [0, 0.1) is 5.92 Å². The highest BCUT2D eigenvalue weighted by Gasteiger charge is 2.61. The van der Waals surface area contributed by atoms with Crippen LogP contribution in [0.1, 0.15) is 32.6 Å². The van der Waals surface area contributed by atoms with Gasteiger partial charge in [0.2, 0.25) is 0 Å². The smallest absolute Gasteiger partial charge is 0.334 e. The van der Waals surface area contributed by atoms with Gasteiger partial charge in [0.25, 0.3) is 0 Å². The van der Waals surface area contributed by atoms with Gasteiger partial charge in [0.1, 0.15) is 12.2 Å². The van der Waals surface area contributed by atoms with Gasteiger partial charge in [-0.15, -0.1) is 0 Å². The molecule has 2 fully saturated rings. The van der Waals surface area contributed by atoms with E-state index < -0.39 is 0 Å². The lowest BCUT2D eigenvalue weighted by Gasteiger charge is -2.19. The number of esters is 1. The number of epoxide rings is 1. The molecule has 2 N–H and O–H groups in total. The summed E-state index contributed by atoms with van der Waals surface area (Å²) in [6.07, 6.45) is 5.83. The van der Waals surface area contributed by atoms with E-state index in [-0.39, 0.29) is 29.7 Å². The van der Waals surface area contributed by atoms with E-state index in [0.717, 1.165) is 25.7 Å². The Hall–Kier alpha value is -1.13. The van der Waals surface area contributed by atoms with Crippen molar-refractivity contribution in [2.45, 2.75) is 50.4 Å². The fourth-order valence-corrected chi connectivity index (χ4v) is 3.31. The minimum Gasteiger partial charge on any atom is -0.455 e. The average molecular weight is 263 g/mol. The van der Waals surface area contributed by atoms with Crippen LogP contribution >= 0.6 is 0 Å². The van der Waals surface area contributed by atoms with Gasteiger partial charge in [0.15, 0.2) is 0 Å². The number of carbonyl (C=O) groups excluding carboxylic acids is 1. The van der Waals surface area contributed by atoms with E-state index >= 15 is 0 Å². The molecule has 4 atom stereocenters. The van der Waals surface area contributed by atoms with Crippen LogP contribution < -0.4 is 5.73 Å². The molecule has 0 unspecified atom stereocenters. The Morgan fingerprint density at radius 2 is 2.37 bits per heavy atom. The van der Waals surface area contributed by atoms with Crippen molar-refractivity contribution in [3.05, 3.63) is 23.8 Å². The highest BCUT2D eigenvalue weighted by Crippen LogP contribution is 2.49. The lowest BCUT2D eigenvalue weighted by Crippen LogP contribution is -2.29. The van der Waals surface area contributed by atoms with Crippen LogP contribution in [0.2, 0.25) is 0 Å². The Kier molecular flexibility index (Phi) is 3.02. The SMILES string of the molecule is C=C1C(=O)O[C@H]2[C@H]1CC/C(CN)=C\CC[C@@]1(C)O[C@@H]21.